The van der Waals surface area contributed by atoms with Gasteiger partial charge < -0.3 is 5.32 Å². The summed E-state index contributed by atoms with van der Waals surface area (Å²) in [6.45, 7) is 2.31. The number of nitrogens with zero attached hydrogens (tertiary/aromatic N) is 2. The van der Waals surface area contributed by atoms with Gasteiger partial charge in [-0.05, 0) is 17.7 Å². The van der Waals surface area contributed by atoms with Crippen LogP contribution in [-0.2, 0) is 23.9 Å². The number of nitrogens with one attached hydrogen (secondary N) is 1. The summed E-state index contributed by atoms with van der Waals surface area (Å²) in [5.41, 5.74) is 0.230. The van der Waals surface area contributed by atoms with Crippen LogP contribution in [-0.4, -0.2) is 26.5 Å². The van der Waals surface area contributed by atoms with E-state index in [1.54, 1.807) is 0 Å². The van der Waals surface area contributed by atoms with Crippen molar-refractivity contribution in [1.29, 1.82) is 0 Å². The van der Waals surface area contributed by atoms with Gasteiger partial charge in [0.15, 0.2) is 5.16 Å². The third-order valence-electron chi connectivity index (χ3n) is 4.99. The van der Waals surface area contributed by atoms with E-state index in [-0.39, 0.29) is 28.8 Å². The van der Waals surface area contributed by atoms with Crippen LogP contribution in [0.25, 0.3) is 0 Å². The number of carbonyl (C=O) groups is 1. The van der Waals surface area contributed by atoms with Gasteiger partial charge in [-0.15, -0.1) is 11.8 Å². The molecule has 172 valence electrons. The van der Waals surface area contributed by atoms with Gasteiger partial charge in [0, 0.05) is 11.7 Å². The molecule has 1 aliphatic heterocycles. The molecular weight excluding hydrogens is 471 g/mol. The van der Waals surface area contributed by atoms with Crippen molar-refractivity contribution in [3.63, 3.8) is 0 Å². The lowest BCUT2D eigenvalue weighted by molar-refractivity contribution is -0.137. The first-order chi connectivity index (χ1) is 15.7. The minimum absolute atomic E-state index is 0.163. The molecule has 0 saturated carbocycles. The van der Waals surface area contributed by atoms with Gasteiger partial charge in [0.05, 0.1) is 34.1 Å². The highest BCUT2D eigenvalue weighted by Gasteiger charge is 2.33. The fraction of sp³-hybridized carbons (Fsp3) is 0.261. The third-order valence-corrected chi connectivity index (χ3v) is 7.18. The largest absolute Gasteiger partial charge is 0.418 e. The molecule has 1 aliphatic rings. The van der Waals surface area contributed by atoms with Gasteiger partial charge in [0.25, 0.3) is 5.56 Å². The molecule has 1 aromatic heterocycles. The Labute approximate surface area is 196 Å². The maximum atomic E-state index is 13.2. The van der Waals surface area contributed by atoms with E-state index in [0.29, 0.717) is 22.2 Å². The van der Waals surface area contributed by atoms with Crippen molar-refractivity contribution in [2.75, 3.05) is 11.1 Å². The first kappa shape index (κ1) is 23.4. The fourth-order valence-electron chi connectivity index (χ4n) is 3.50. The lowest BCUT2D eigenvalue weighted by atomic mass is 10.1. The Morgan fingerprint density at radius 2 is 1.88 bits per heavy atom. The first-order valence-corrected chi connectivity index (χ1v) is 12.0. The lowest BCUT2D eigenvalue weighted by Crippen LogP contribution is -2.26. The Balaban J connectivity index is 1.57. The predicted octanol–water partition coefficient (Wildman–Crippen LogP) is 5.08. The van der Waals surface area contributed by atoms with E-state index < -0.39 is 17.6 Å². The van der Waals surface area contributed by atoms with E-state index >= 15 is 0 Å². The van der Waals surface area contributed by atoms with Crippen LogP contribution in [0.4, 0.5) is 18.9 Å². The minimum atomic E-state index is -4.58. The molecule has 1 N–H and O–H groups in total. The molecule has 5 nitrogen and oxygen atoms in total. The molecule has 4 rings (SSSR count). The monoisotopic (exact) mass is 491 g/mol. The molecule has 0 saturated heterocycles. The maximum absolute atomic E-state index is 13.2. The van der Waals surface area contributed by atoms with E-state index in [9.17, 15) is 22.8 Å². The summed E-state index contributed by atoms with van der Waals surface area (Å²) < 4.78 is 41.1. The van der Waals surface area contributed by atoms with Crippen molar-refractivity contribution in [2.45, 2.75) is 41.4 Å². The number of para-hydroxylation sites is 1. The second kappa shape index (κ2) is 9.64. The second-order valence-corrected chi connectivity index (χ2v) is 9.95. The van der Waals surface area contributed by atoms with Crippen molar-refractivity contribution >= 4 is 35.1 Å². The van der Waals surface area contributed by atoms with Gasteiger partial charge in [-0.3, -0.25) is 14.2 Å². The van der Waals surface area contributed by atoms with Crippen molar-refractivity contribution in [3.8, 4) is 0 Å². The number of thioether (sulfide) groups is 2. The summed E-state index contributed by atoms with van der Waals surface area (Å²) in [6, 6.07) is 14.2. The van der Waals surface area contributed by atoms with Gasteiger partial charge in [-0.2, -0.15) is 13.2 Å². The second-order valence-electron chi connectivity index (χ2n) is 7.56. The number of halogens is 3. The molecule has 0 spiro atoms. The number of rotatable bonds is 6. The third kappa shape index (κ3) is 5.44. The lowest BCUT2D eigenvalue weighted by Gasteiger charge is -2.15. The van der Waals surface area contributed by atoms with Crippen LogP contribution < -0.4 is 10.9 Å². The Bertz CT molecular complexity index is 1230. The van der Waals surface area contributed by atoms with Crippen molar-refractivity contribution in [1.82, 2.24) is 9.55 Å². The van der Waals surface area contributed by atoms with Gasteiger partial charge in [-0.1, -0.05) is 61.2 Å². The van der Waals surface area contributed by atoms with E-state index in [2.05, 4.69) is 10.3 Å². The number of amides is 1. The highest BCUT2D eigenvalue weighted by atomic mass is 32.2. The van der Waals surface area contributed by atoms with E-state index in [1.807, 2.05) is 37.3 Å². The van der Waals surface area contributed by atoms with Crippen LogP contribution >= 0.6 is 23.5 Å². The maximum Gasteiger partial charge on any atom is 0.418 e. The topological polar surface area (TPSA) is 64.0 Å². The van der Waals surface area contributed by atoms with Crippen molar-refractivity contribution in [3.05, 3.63) is 81.8 Å². The molecule has 0 fully saturated rings. The van der Waals surface area contributed by atoms with Crippen LogP contribution in [0.1, 0.15) is 23.7 Å². The molecule has 2 heterocycles. The van der Waals surface area contributed by atoms with Crippen LogP contribution in [0.3, 0.4) is 0 Å². The SMILES string of the molecule is CC1Cc2nc(SCC(=O)Nc3ccccc3C(F)(F)F)n(Cc3ccccc3)c(=O)c2S1. The number of benzene rings is 2. The smallest absolute Gasteiger partial charge is 0.325 e. The van der Waals surface area contributed by atoms with Crippen molar-refractivity contribution in [2.24, 2.45) is 0 Å². The van der Waals surface area contributed by atoms with Crippen LogP contribution in [0.15, 0.2) is 69.4 Å². The number of anilines is 1. The number of fused-ring (bicyclic) bond motifs is 1. The number of hydrogen-bond acceptors (Lipinski definition) is 5. The number of alkyl halides is 3. The zero-order valence-corrected chi connectivity index (χ0v) is 19.2. The normalized spacial score (nSPS) is 15.3. The molecule has 1 amide bonds. The zero-order chi connectivity index (χ0) is 23.6. The fourth-order valence-corrected chi connectivity index (χ4v) is 5.43. The summed E-state index contributed by atoms with van der Waals surface area (Å²) in [7, 11) is 0. The van der Waals surface area contributed by atoms with Gasteiger partial charge >= 0.3 is 6.18 Å². The average molecular weight is 492 g/mol. The Morgan fingerprint density at radius 3 is 2.61 bits per heavy atom. The minimum Gasteiger partial charge on any atom is -0.325 e. The number of carbonyl (C=O) groups excluding carboxylic acids is 1. The average Bonchev–Trinajstić information content (AvgIpc) is 3.15. The predicted molar refractivity (Wildman–Crippen MR) is 124 cm³/mol. The molecule has 1 unspecified atom stereocenters. The molecular formula is C23H20F3N3O2S2. The quantitative estimate of drug-likeness (QED) is 0.385. The molecule has 3 aromatic rings. The molecule has 0 aliphatic carbocycles. The van der Waals surface area contributed by atoms with Crippen LogP contribution in [0, 0.1) is 0 Å². The van der Waals surface area contributed by atoms with Gasteiger partial charge in [0.1, 0.15) is 0 Å². The molecule has 33 heavy (non-hydrogen) atoms. The Hall–Kier alpha value is -2.72. The van der Waals surface area contributed by atoms with E-state index in [0.717, 1.165) is 23.4 Å². The molecule has 0 radical (unpaired) electrons. The zero-order valence-electron chi connectivity index (χ0n) is 17.6. The molecule has 1 atom stereocenters. The summed E-state index contributed by atoms with van der Waals surface area (Å²) in [5, 5.41) is 2.93. The van der Waals surface area contributed by atoms with Gasteiger partial charge in [-0.25, -0.2) is 4.98 Å². The van der Waals surface area contributed by atoms with Gasteiger partial charge in [0.2, 0.25) is 5.91 Å². The number of aromatic nitrogens is 2. The summed E-state index contributed by atoms with van der Waals surface area (Å²) in [5.74, 6) is -0.796. The molecule has 10 heteroatoms. The molecule has 0 bridgehead atoms. The standard InChI is InChI=1S/C23H20F3N3O2S2/c1-14-11-18-20(33-14)21(31)29(12-15-7-3-2-4-8-15)22(28-18)32-13-19(30)27-17-10-6-5-9-16(17)23(24,25)26/h2-10,14H,11-13H2,1H3,(H,27,30). The summed E-state index contributed by atoms with van der Waals surface area (Å²) in [4.78, 5) is 30.9. The highest BCUT2D eigenvalue weighted by Crippen LogP contribution is 2.36. The summed E-state index contributed by atoms with van der Waals surface area (Å²) in [6.07, 6.45) is -3.93. The van der Waals surface area contributed by atoms with E-state index in [1.165, 1.54) is 34.5 Å². The Morgan fingerprint density at radius 1 is 1.18 bits per heavy atom. The van der Waals surface area contributed by atoms with Crippen molar-refractivity contribution < 1.29 is 18.0 Å². The van der Waals surface area contributed by atoms with Crippen LogP contribution in [0.2, 0.25) is 0 Å². The Kier molecular flexibility index (Phi) is 6.85. The summed E-state index contributed by atoms with van der Waals surface area (Å²) >= 11 is 2.53. The highest BCUT2D eigenvalue weighted by molar-refractivity contribution is 8.00. The van der Waals surface area contributed by atoms with Crippen LogP contribution in [0.5, 0.6) is 0 Å². The van der Waals surface area contributed by atoms with E-state index in [4.69, 9.17) is 0 Å². The number of hydrogen-bond donors (Lipinski definition) is 1. The first-order valence-electron chi connectivity index (χ1n) is 10.2. The molecule has 2 aromatic carbocycles.